The largest absolute Gasteiger partial charge is 0.487 e. The predicted molar refractivity (Wildman–Crippen MR) is 92.0 cm³/mol. The van der Waals surface area contributed by atoms with Crippen molar-refractivity contribution < 1.29 is 9.47 Å². The van der Waals surface area contributed by atoms with Crippen LogP contribution in [0.5, 0.6) is 5.75 Å². The molecule has 0 heterocycles. The standard InChI is InChI=1S/C16H26ClN3O2/c1-4-21-11-7-10-19-16(18-3)20-12-13(2)22-15-9-6-5-8-14(15)17/h5-6,8-9,13H,4,7,10-12H2,1-3H3,(H2,18,19,20). The molecule has 1 atom stereocenters. The Bertz CT molecular complexity index is 455. The molecule has 5 nitrogen and oxygen atoms in total. The summed E-state index contributed by atoms with van der Waals surface area (Å²) < 4.78 is 11.1. The molecular formula is C16H26ClN3O2. The lowest BCUT2D eigenvalue weighted by molar-refractivity contribution is 0.145. The Balaban J connectivity index is 2.26. The van der Waals surface area contributed by atoms with Crippen molar-refractivity contribution in [1.82, 2.24) is 10.6 Å². The molecule has 0 aliphatic rings. The van der Waals surface area contributed by atoms with Crippen molar-refractivity contribution in [3.63, 3.8) is 0 Å². The third kappa shape index (κ3) is 7.52. The number of rotatable bonds is 9. The summed E-state index contributed by atoms with van der Waals surface area (Å²) in [4.78, 5) is 4.17. The average molecular weight is 328 g/mol. The topological polar surface area (TPSA) is 54.9 Å². The minimum atomic E-state index is -0.0260. The van der Waals surface area contributed by atoms with Crippen molar-refractivity contribution in [2.45, 2.75) is 26.4 Å². The zero-order valence-electron chi connectivity index (χ0n) is 13.6. The number of nitrogens with one attached hydrogen (secondary N) is 2. The van der Waals surface area contributed by atoms with Crippen LogP contribution in [0.4, 0.5) is 0 Å². The molecule has 0 saturated heterocycles. The molecule has 0 fully saturated rings. The monoisotopic (exact) mass is 327 g/mol. The summed E-state index contributed by atoms with van der Waals surface area (Å²) in [6, 6.07) is 7.46. The molecule has 0 saturated carbocycles. The number of guanidine groups is 1. The van der Waals surface area contributed by atoms with Crippen LogP contribution in [0.1, 0.15) is 20.3 Å². The molecule has 0 spiro atoms. The number of halogens is 1. The molecule has 6 heteroatoms. The second-order valence-corrected chi connectivity index (χ2v) is 5.20. The number of nitrogens with zero attached hydrogens (tertiary/aromatic N) is 1. The average Bonchev–Trinajstić information content (AvgIpc) is 2.52. The van der Waals surface area contributed by atoms with Gasteiger partial charge in [-0.2, -0.15) is 0 Å². The van der Waals surface area contributed by atoms with Crippen molar-refractivity contribution in [1.29, 1.82) is 0 Å². The number of hydrogen-bond donors (Lipinski definition) is 2. The molecule has 124 valence electrons. The van der Waals surface area contributed by atoms with Gasteiger partial charge in [0.2, 0.25) is 0 Å². The van der Waals surface area contributed by atoms with Gasteiger partial charge in [0.1, 0.15) is 11.9 Å². The smallest absolute Gasteiger partial charge is 0.191 e. The van der Waals surface area contributed by atoms with Gasteiger partial charge in [0.25, 0.3) is 0 Å². The van der Waals surface area contributed by atoms with Gasteiger partial charge < -0.3 is 20.1 Å². The zero-order chi connectivity index (χ0) is 16.2. The van der Waals surface area contributed by atoms with E-state index in [0.29, 0.717) is 17.3 Å². The SMILES string of the molecule is CCOCCCNC(=NC)NCC(C)Oc1ccccc1Cl. The number of ether oxygens (including phenoxy) is 2. The third-order valence-electron chi connectivity index (χ3n) is 2.91. The van der Waals surface area contributed by atoms with Crippen molar-refractivity contribution >= 4 is 17.6 Å². The van der Waals surface area contributed by atoms with Crippen LogP contribution < -0.4 is 15.4 Å². The first-order valence-electron chi connectivity index (χ1n) is 7.60. The van der Waals surface area contributed by atoms with E-state index < -0.39 is 0 Å². The minimum Gasteiger partial charge on any atom is -0.487 e. The van der Waals surface area contributed by atoms with Gasteiger partial charge in [-0.25, -0.2) is 0 Å². The van der Waals surface area contributed by atoms with E-state index in [1.165, 1.54) is 0 Å². The molecule has 0 radical (unpaired) electrons. The van der Waals surface area contributed by atoms with Gasteiger partial charge in [-0.05, 0) is 32.4 Å². The van der Waals surface area contributed by atoms with Crippen LogP contribution in [-0.4, -0.2) is 45.4 Å². The molecule has 0 aliphatic heterocycles. The Morgan fingerprint density at radius 3 is 2.77 bits per heavy atom. The second-order valence-electron chi connectivity index (χ2n) is 4.79. The van der Waals surface area contributed by atoms with Gasteiger partial charge >= 0.3 is 0 Å². The number of aliphatic imine (C=N–C) groups is 1. The Morgan fingerprint density at radius 2 is 2.09 bits per heavy atom. The van der Waals surface area contributed by atoms with Crippen LogP contribution in [0.25, 0.3) is 0 Å². The second kappa shape index (κ2) is 11.2. The molecule has 2 N–H and O–H groups in total. The summed E-state index contributed by atoms with van der Waals surface area (Å²) >= 11 is 6.08. The first-order valence-corrected chi connectivity index (χ1v) is 7.98. The Hall–Kier alpha value is -1.46. The first-order chi connectivity index (χ1) is 10.7. The summed E-state index contributed by atoms with van der Waals surface area (Å²) in [5, 5.41) is 7.08. The van der Waals surface area contributed by atoms with E-state index >= 15 is 0 Å². The number of hydrogen-bond acceptors (Lipinski definition) is 3. The maximum atomic E-state index is 6.08. The Labute approximate surface area is 138 Å². The van der Waals surface area contributed by atoms with E-state index in [9.17, 15) is 0 Å². The fourth-order valence-corrected chi connectivity index (χ4v) is 1.97. The predicted octanol–water partition coefficient (Wildman–Crippen LogP) is 2.70. The van der Waals surface area contributed by atoms with Crippen molar-refractivity contribution in [3.05, 3.63) is 29.3 Å². The Kier molecular flexibility index (Phi) is 9.42. The maximum absolute atomic E-state index is 6.08. The molecule has 0 bridgehead atoms. The molecular weight excluding hydrogens is 302 g/mol. The van der Waals surface area contributed by atoms with Gasteiger partial charge in [0.15, 0.2) is 5.96 Å². The lowest BCUT2D eigenvalue weighted by Crippen LogP contribution is -2.42. The van der Waals surface area contributed by atoms with Gasteiger partial charge in [0.05, 0.1) is 11.6 Å². The molecule has 0 aliphatic carbocycles. The highest BCUT2D eigenvalue weighted by Gasteiger charge is 2.07. The summed E-state index contributed by atoms with van der Waals surface area (Å²) in [6.45, 7) is 6.94. The lowest BCUT2D eigenvalue weighted by Gasteiger charge is -2.18. The van der Waals surface area contributed by atoms with Gasteiger partial charge in [0, 0.05) is 26.8 Å². The molecule has 1 aromatic rings. The van der Waals surface area contributed by atoms with Crippen LogP contribution in [0, 0.1) is 0 Å². The van der Waals surface area contributed by atoms with Crippen LogP contribution >= 0.6 is 11.6 Å². The van der Waals surface area contributed by atoms with Crippen LogP contribution in [0.3, 0.4) is 0 Å². The van der Waals surface area contributed by atoms with Crippen LogP contribution in [0.15, 0.2) is 29.3 Å². The third-order valence-corrected chi connectivity index (χ3v) is 3.22. The van der Waals surface area contributed by atoms with Crippen LogP contribution in [0.2, 0.25) is 5.02 Å². The molecule has 22 heavy (non-hydrogen) atoms. The fourth-order valence-electron chi connectivity index (χ4n) is 1.79. The lowest BCUT2D eigenvalue weighted by atomic mass is 10.3. The number of benzene rings is 1. The van der Waals surface area contributed by atoms with E-state index in [1.807, 2.05) is 38.1 Å². The summed E-state index contributed by atoms with van der Waals surface area (Å²) in [6.07, 6.45) is 0.919. The zero-order valence-corrected chi connectivity index (χ0v) is 14.3. The summed E-state index contributed by atoms with van der Waals surface area (Å²) in [5.41, 5.74) is 0. The number of para-hydroxylation sites is 1. The summed E-state index contributed by atoms with van der Waals surface area (Å²) in [5.74, 6) is 1.45. The molecule has 1 unspecified atom stereocenters. The van der Waals surface area contributed by atoms with Crippen LogP contribution in [-0.2, 0) is 4.74 Å². The highest BCUT2D eigenvalue weighted by molar-refractivity contribution is 6.32. The minimum absolute atomic E-state index is 0.0260. The van der Waals surface area contributed by atoms with E-state index in [4.69, 9.17) is 21.1 Å². The maximum Gasteiger partial charge on any atom is 0.191 e. The summed E-state index contributed by atoms with van der Waals surface area (Å²) in [7, 11) is 1.75. The van der Waals surface area contributed by atoms with E-state index in [-0.39, 0.29) is 6.10 Å². The van der Waals surface area contributed by atoms with Gasteiger partial charge in [-0.15, -0.1) is 0 Å². The molecule has 0 aromatic heterocycles. The quantitative estimate of drug-likeness (QED) is 0.416. The molecule has 1 rings (SSSR count). The van der Waals surface area contributed by atoms with E-state index in [0.717, 1.165) is 32.1 Å². The van der Waals surface area contributed by atoms with Gasteiger partial charge in [-0.1, -0.05) is 23.7 Å². The van der Waals surface area contributed by atoms with Crippen molar-refractivity contribution in [2.75, 3.05) is 33.4 Å². The molecule has 0 amide bonds. The Morgan fingerprint density at radius 1 is 1.32 bits per heavy atom. The normalized spacial score (nSPS) is 12.8. The van der Waals surface area contributed by atoms with Gasteiger partial charge in [-0.3, -0.25) is 4.99 Å². The van der Waals surface area contributed by atoms with E-state index in [1.54, 1.807) is 7.05 Å². The fraction of sp³-hybridized carbons (Fsp3) is 0.562. The highest BCUT2D eigenvalue weighted by atomic mass is 35.5. The highest BCUT2D eigenvalue weighted by Crippen LogP contribution is 2.23. The first kappa shape index (κ1) is 18.6. The van der Waals surface area contributed by atoms with Crippen molar-refractivity contribution in [3.8, 4) is 5.75 Å². The van der Waals surface area contributed by atoms with E-state index in [2.05, 4.69) is 15.6 Å². The molecule has 1 aromatic carbocycles. The van der Waals surface area contributed by atoms with Crippen molar-refractivity contribution in [2.24, 2.45) is 4.99 Å².